The van der Waals surface area contributed by atoms with Crippen molar-refractivity contribution in [2.45, 2.75) is 30.6 Å². The summed E-state index contributed by atoms with van der Waals surface area (Å²) < 4.78 is 0. The van der Waals surface area contributed by atoms with Gasteiger partial charge in [-0.2, -0.15) is 0 Å². The number of benzene rings is 5. The number of nitrogen functional groups attached to an aromatic ring is 1. The molecule has 0 saturated carbocycles. The average Bonchev–Trinajstić information content (AvgIpc) is 3.63. The lowest BCUT2D eigenvalue weighted by atomic mass is 9.91. The van der Waals surface area contributed by atoms with E-state index in [0.717, 1.165) is 38.2 Å². The van der Waals surface area contributed by atoms with Crippen LogP contribution < -0.4 is 15.5 Å². The molecule has 4 N–H and O–H groups in total. The molecule has 234 valence electrons. The Bertz CT molecular complexity index is 1880. The summed E-state index contributed by atoms with van der Waals surface area (Å²) in [6.45, 7) is 0.771. The van der Waals surface area contributed by atoms with Crippen LogP contribution in [-0.4, -0.2) is 46.9 Å². The maximum Gasteiger partial charge on any atom is 0.227 e. The molecule has 0 spiro atoms. The van der Waals surface area contributed by atoms with Gasteiger partial charge < -0.3 is 25.7 Å². The lowest BCUT2D eigenvalue weighted by molar-refractivity contribution is -0.120. The molecule has 0 saturated heterocycles. The molecular weight excluding hydrogens is 621 g/mol. The first-order chi connectivity index (χ1) is 22.3. The van der Waals surface area contributed by atoms with Gasteiger partial charge in [-0.15, -0.1) is 23.2 Å². The second-order valence-electron chi connectivity index (χ2n) is 12.2. The summed E-state index contributed by atoms with van der Waals surface area (Å²) in [6, 6.07) is 25.7. The van der Waals surface area contributed by atoms with Crippen molar-refractivity contribution in [3.8, 4) is 11.5 Å². The van der Waals surface area contributed by atoms with Gasteiger partial charge in [0.25, 0.3) is 0 Å². The summed E-state index contributed by atoms with van der Waals surface area (Å²) in [5.74, 6) is -0.135. The molecule has 0 aromatic heterocycles. The molecule has 2 aliphatic rings. The SMILES string of the molecule is Nc1ccc(C(CC(=O)N2CC(CCl)c3c2cc(O)c2ccccc32)CC(=O)N2CC(CCl)c3c2cc(O)c2ccccc32)cc1. The lowest BCUT2D eigenvalue weighted by Gasteiger charge is -2.25. The van der Waals surface area contributed by atoms with E-state index in [1.165, 1.54) is 0 Å². The second-order valence-corrected chi connectivity index (χ2v) is 12.8. The van der Waals surface area contributed by atoms with Crippen LogP contribution in [-0.2, 0) is 9.59 Å². The molecule has 0 fully saturated rings. The lowest BCUT2D eigenvalue weighted by Crippen LogP contribution is -2.34. The summed E-state index contributed by atoms with van der Waals surface area (Å²) in [4.78, 5) is 31.7. The van der Waals surface area contributed by atoms with Crippen molar-refractivity contribution in [2.75, 3.05) is 40.4 Å². The van der Waals surface area contributed by atoms with Crippen LogP contribution in [0.3, 0.4) is 0 Å². The molecule has 0 bridgehead atoms. The number of alkyl halides is 2. The minimum absolute atomic E-state index is 0.0558. The van der Waals surface area contributed by atoms with Crippen LogP contribution in [0.15, 0.2) is 84.9 Å². The van der Waals surface area contributed by atoms with Gasteiger partial charge in [0.1, 0.15) is 11.5 Å². The Labute approximate surface area is 276 Å². The summed E-state index contributed by atoms with van der Waals surface area (Å²) in [6.07, 6.45) is 0.112. The van der Waals surface area contributed by atoms with Crippen LogP contribution >= 0.6 is 23.2 Å². The van der Waals surface area contributed by atoms with E-state index in [-0.39, 0.29) is 48.0 Å². The highest BCUT2D eigenvalue weighted by Crippen LogP contribution is 2.47. The van der Waals surface area contributed by atoms with Crippen molar-refractivity contribution in [3.05, 3.63) is 102 Å². The first kappa shape index (κ1) is 30.2. The molecule has 46 heavy (non-hydrogen) atoms. The third kappa shape index (κ3) is 5.08. The number of amides is 2. The molecule has 9 heteroatoms. The highest BCUT2D eigenvalue weighted by molar-refractivity contribution is 6.19. The van der Waals surface area contributed by atoms with Gasteiger partial charge in [-0.3, -0.25) is 9.59 Å². The number of rotatable bonds is 7. The molecule has 0 aliphatic carbocycles. The van der Waals surface area contributed by atoms with Gasteiger partial charge in [-0.25, -0.2) is 0 Å². The minimum Gasteiger partial charge on any atom is -0.507 e. The molecule has 0 radical (unpaired) electrons. The Morgan fingerprint density at radius 2 is 1.11 bits per heavy atom. The third-order valence-corrected chi connectivity index (χ3v) is 10.3. The predicted molar refractivity (Wildman–Crippen MR) is 186 cm³/mol. The van der Waals surface area contributed by atoms with Gasteiger partial charge in [0.2, 0.25) is 11.8 Å². The van der Waals surface area contributed by atoms with E-state index in [1.807, 2.05) is 60.7 Å². The highest BCUT2D eigenvalue weighted by atomic mass is 35.5. The van der Waals surface area contributed by atoms with E-state index in [0.29, 0.717) is 41.9 Å². The van der Waals surface area contributed by atoms with Gasteiger partial charge >= 0.3 is 0 Å². The quantitative estimate of drug-likeness (QED) is 0.124. The van der Waals surface area contributed by atoms with E-state index in [1.54, 1.807) is 34.1 Å². The van der Waals surface area contributed by atoms with Crippen molar-refractivity contribution in [3.63, 3.8) is 0 Å². The van der Waals surface area contributed by atoms with Crippen LogP contribution in [0.4, 0.5) is 17.1 Å². The van der Waals surface area contributed by atoms with E-state index in [9.17, 15) is 19.8 Å². The molecule has 2 unspecified atom stereocenters. The predicted octanol–water partition coefficient (Wildman–Crippen LogP) is 7.59. The molecular formula is C37H33Cl2N3O4. The number of nitrogens with zero attached hydrogens (tertiary/aromatic N) is 2. The van der Waals surface area contributed by atoms with Crippen LogP contribution in [0, 0.1) is 0 Å². The van der Waals surface area contributed by atoms with Crippen LogP contribution in [0.2, 0.25) is 0 Å². The number of nitrogens with two attached hydrogens (primary N) is 1. The minimum atomic E-state index is -0.458. The van der Waals surface area contributed by atoms with Crippen LogP contribution in [0.1, 0.15) is 47.3 Å². The highest BCUT2D eigenvalue weighted by Gasteiger charge is 2.38. The summed E-state index contributed by atoms with van der Waals surface area (Å²) in [5, 5.41) is 24.9. The number of aromatic hydroxyl groups is 2. The number of halogens is 2. The number of fused-ring (bicyclic) bond motifs is 6. The van der Waals surface area contributed by atoms with Gasteiger partial charge in [0.15, 0.2) is 0 Å². The van der Waals surface area contributed by atoms with Crippen molar-refractivity contribution in [1.29, 1.82) is 0 Å². The number of hydrogen-bond acceptors (Lipinski definition) is 5. The normalized spacial score (nSPS) is 17.8. The zero-order chi connectivity index (χ0) is 32.1. The standard InChI is InChI=1S/C37H33Cl2N3O4/c38-17-23-19-41(30-15-32(43)26-5-1-3-7-28(26)36(23)30)34(45)13-22(21-9-11-25(40)12-10-21)14-35(46)42-20-24(18-39)37-29-8-4-2-6-27(29)33(44)16-31(37)42/h1-12,15-16,22-24,43-44H,13-14,17-20,40H2. The fourth-order valence-corrected chi connectivity index (χ4v) is 7.80. The Hall–Kier alpha value is -4.46. The first-order valence-electron chi connectivity index (χ1n) is 15.4. The monoisotopic (exact) mass is 653 g/mol. The molecule has 5 aromatic rings. The number of anilines is 3. The van der Waals surface area contributed by atoms with Crippen LogP contribution in [0.25, 0.3) is 21.5 Å². The van der Waals surface area contributed by atoms with Gasteiger partial charge in [0, 0.05) is 84.0 Å². The maximum absolute atomic E-state index is 14.2. The molecule has 2 aliphatic heterocycles. The van der Waals surface area contributed by atoms with Crippen molar-refractivity contribution >= 4 is 73.6 Å². The molecule has 7 rings (SSSR count). The Morgan fingerprint density at radius 3 is 1.52 bits per heavy atom. The Morgan fingerprint density at radius 1 is 0.696 bits per heavy atom. The smallest absolute Gasteiger partial charge is 0.227 e. The van der Waals surface area contributed by atoms with E-state index in [4.69, 9.17) is 28.9 Å². The topological polar surface area (TPSA) is 107 Å². The number of carbonyl (C=O) groups is 2. The average molecular weight is 655 g/mol. The number of hydrogen-bond donors (Lipinski definition) is 3. The fraction of sp³-hybridized carbons (Fsp3) is 0.243. The molecule has 2 heterocycles. The van der Waals surface area contributed by atoms with E-state index in [2.05, 4.69) is 0 Å². The number of carbonyl (C=O) groups excluding carboxylic acids is 2. The zero-order valence-corrected chi connectivity index (χ0v) is 26.5. The van der Waals surface area contributed by atoms with E-state index < -0.39 is 5.92 Å². The van der Waals surface area contributed by atoms with Crippen molar-refractivity contribution in [2.24, 2.45) is 0 Å². The van der Waals surface area contributed by atoms with Gasteiger partial charge in [-0.1, -0.05) is 60.7 Å². The number of phenolic OH excluding ortho intramolecular Hbond substituents is 2. The molecule has 2 amide bonds. The number of phenols is 2. The van der Waals surface area contributed by atoms with E-state index >= 15 is 0 Å². The van der Waals surface area contributed by atoms with Crippen LogP contribution in [0.5, 0.6) is 11.5 Å². The van der Waals surface area contributed by atoms with Gasteiger partial charge in [0.05, 0.1) is 11.4 Å². The Balaban J connectivity index is 1.22. The summed E-state index contributed by atoms with van der Waals surface area (Å²) >= 11 is 12.9. The summed E-state index contributed by atoms with van der Waals surface area (Å²) in [5.41, 5.74) is 10.6. The second kappa shape index (κ2) is 12.0. The maximum atomic E-state index is 14.2. The molecule has 7 nitrogen and oxygen atoms in total. The van der Waals surface area contributed by atoms with Crippen molar-refractivity contribution in [1.82, 2.24) is 0 Å². The Kier molecular flexibility index (Phi) is 7.91. The van der Waals surface area contributed by atoms with Gasteiger partial charge in [-0.05, 0) is 39.6 Å². The largest absolute Gasteiger partial charge is 0.507 e. The molecule has 2 atom stereocenters. The fourth-order valence-electron chi connectivity index (χ4n) is 7.30. The third-order valence-electron chi connectivity index (χ3n) is 9.51. The van der Waals surface area contributed by atoms with Crippen molar-refractivity contribution < 1.29 is 19.8 Å². The zero-order valence-electron chi connectivity index (χ0n) is 25.0. The molecule has 5 aromatic carbocycles. The first-order valence-corrected chi connectivity index (χ1v) is 16.4. The summed E-state index contributed by atoms with van der Waals surface area (Å²) in [7, 11) is 0.